The number of nitro groups is 1. The molecule has 0 radical (unpaired) electrons. The van der Waals surface area contributed by atoms with Crippen molar-refractivity contribution in [2.45, 2.75) is 13.5 Å². The summed E-state index contributed by atoms with van der Waals surface area (Å²) in [6, 6.07) is 9.38. The number of hydrogen-bond donors (Lipinski definition) is 1. The first-order chi connectivity index (χ1) is 9.47. The van der Waals surface area contributed by atoms with Gasteiger partial charge in [-0.05, 0) is 36.8 Å². The quantitative estimate of drug-likeness (QED) is 0.663. The maximum Gasteiger partial charge on any atom is 0.292 e. The third-order valence-electron chi connectivity index (χ3n) is 2.83. The average molecular weight is 339 g/mol. The van der Waals surface area contributed by atoms with E-state index in [2.05, 4.69) is 21.2 Å². The lowest BCUT2D eigenvalue weighted by molar-refractivity contribution is -0.384. The third-order valence-corrected chi connectivity index (χ3v) is 3.32. The predicted octanol–water partition coefficient (Wildman–Crippen LogP) is 4.42. The maximum atomic E-state index is 13.6. The zero-order valence-corrected chi connectivity index (χ0v) is 12.3. The van der Waals surface area contributed by atoms with Crippen LogP contribution in [0, 0.1) is 22.9 Å². The monoisotopic (exact) mass is 338 g/mol. The lowest BCUT2D eigenvalue weighted by atomic mass is 10.1. The van der Waals surface area contributed by atoms with Crippen LogP contribution >= 0.6 is 15.9 Å². The second-order valence-electron chi connectivity index (χ2n) is 4.37. The average Bonchev–Trinajstić information content (AvgIpc) is 2.39. The summed E-state index contributed by atoms with van der Waals surface area (Å²) >= 11 is 3.27. The molecule has 0 aromatic heterocycles. The van der Waals surface area contributed by atoms with Crippen LogP contribution in [0.2, 0.25) is 0 Å². The highest BCUT2D eigenvalue weighted by Gasteiger charge is 2.13. The summed E-state index contributed by atoms with van der Waals surface area (Å²) in [6.07, 6.45) is 0. The van der Waals surface area contributed by atoms with Gasteiger partial charge in [-0.3, -0.25) is 10.1 Å². The van der Waals surface area contributed by atoms with E-state index < -0.39 is 4.92 Å². The first-order valence-corrected chi connectivity index (χ1v) is 6.69. The van der Waals surface area contributed by atoms with Crippen molar-refractivity contribution in [2.24, 2.45) is 0 Å². The van der Waals surface area contributed by atoms with Crippen LogP contribution in [0.3, 0.4) is 0 Å². The molecule has 2 aromatic carbocycles. The van der Waals surface area contributed by atoms with Crippen molar-refractivity contribution in [1.82, 2.24) is 0 Å². The summed E-state index contributed by atoms with van der Waals surface area (Å²) < 4.78 is 14.4. The van der Waals surface area contributed by atoms with Crippen LogP contribution in [0.5, 0.6) is 0 Å². The zero-order valence-electron chi connectivity index (χ0n) is 10.7. The SMILES string of the molecule is Cc1ccc([N+](=O)[O-])c(NCc2cc(Br)ccc2F)c1. The van der Waals surface area contributed by atoms with Crippen LogP contribution in [0.25, 0.3) is 0 Å². The Labute approximate surface area is 123 Å². The van der Waals surface area contributed by atoms with Gasteiger partial charge in [0.1, 0.15) is 11.5 Å². The van der Waals surface area contributed by atoms with Crippen molar-refractivity contribution >= 4 is 27.3 Å². The molecule has 0 amide bonds. The smallest absolute Gasteiger partial charge is 0.292 e. The van der Waals surface area contributed by atoms with E-state index in [-0.39, 0.29) is 18.0 Å². The van der Waals surface area contributed by atoms with E-state index in [0.29, 0.717) is 11.3 Å². The van der Waals surface area contributed by atoms with Gasteiger partial charge in [-0.25, -0.2) is 4.39 Å². The topological polar surface area (TPSA) is 55.2 Å². The van der Waals surface area contributed by atoms with Crippen LogP contribution in [0.1, 0.15) is 11.1 Å². The Hall–Kier alpha value is -1.95. The highest BCUT2D eigenvalue weighted by atomic mass is 79.9. The molecule has 0 fully saturated rings. The number of nitrogens with zero attached hydrogens (tertiary/aromatic N) is 1. The van der Waals surface area contributed by atoms with E-state index in [4.69, 9.17) is 0 Å². The fourth-order valence-corrected chi connectivity index (χ4v) is 2.23. The van der Waals surface area contributed by atoms with E-state index >= 15 is 0 Å². The Morgan fingerprint density at radius 2 is 2.05 bits per heavy atom. The van der Waals surface area contributed by atoms with E-state index in [1.165, 1.54) is 12.1 Å². The van der Waals surface area contributed by atoms with Gasteiger partial charge in [0.15, 0.2) is 0 Å². The molecule has 6 heteroatoms. The van der Waals surface area contributed by atoms with Crippen LogP contribution in [-0.2, 0) is 6.54 Å². The first kappa shape index (κ1) is 14.5. The minimum atomic E-state index is -0.459. The fraction of sp³-hybridized carbons (Fsp3) is 0.143. The molecule has 4 nitrogen and oxygen atoms in total. The maximum absolute atomic E-state index is 13.6. The number of nitrogens with one attached hydrogen (secondary N) is 1. The molecule has 0 saturated heterocycles. The van der Waals surface area contributed by atoms with Gasteiger partial charge >= 0.3 is 0 Å². The molecule has 0 aliphatic carbocycles. The van der Waals surface area contributed by atoms with Gasteiger partial charge in [0.05, 0.1) is 4.92 Å². The molecule has 2 rings (SSSR count). The summed E-state index contributed by atoms with van der Waals surface area (Å²) in [5, 5.41) is 13.9. The van der Waals surface area contributed by atoms with Gasteiger partial charge in [0.25, 0.3) is 5.69 Å². The molecule has 0 heterocycles. The van der Waals surface area contributed by atoms with E-state index in [9.17, 15) is 14.5 Å². The Morgan fingerprint density at radius 1 is 1.30 bits per heavy atom. The van der Waals surface area contributed by atoms with Crippen molar-refractivity contribution in [3.8, 4) is 0 Å². The molecule has 0 unspecified atom stereocenters. The lowest BCUT2D eigenvalue weighted by Crippen LogP contribution is -2.04. The largest absolute Gasteiger partial charge is 0.375 e. The van der Waals surface area contributed by atoms with Crippen LogP contribution < -0.4 is 5.32 Å². The van der Waals surface area contributed by atoms with Crippen molar-refractivity contribution in [2.75, 3.05) is 5.32 Å². The summed E-state index contributed by atoms with van der Waals surface area (Å²) in [7, 11) is 0. The highest BCUT2D eigenvalue weighted by Crippen LogP contribution is 2.26. The fourth-order valence-electron chi connectivity index (χ4n) is 1.82. The minimum absolute atomic E-state index is 0.0222. The molecule has 0 saturated carbocycles. The number of halogens is 2. The Morgan fingerprint density at radius 3 is 2.75 bits per heavy atom. The molecule has 20 heavy (non-hydrogen) atoms. The van der Waals surface area contributed by atoms with E-state index in [1.54, 1.807) is 24.3 Å². The molecule has 0 aliphatic rings. The van der Waals surface area contributed by atoms with E-state index in [1.807, 2.05) is 6.92 Å². The molecule has 0 spiro atoms. The second-order valence-corrected chi connectivity index (χ2v) is 5.28. The molecule has 0 aliphatic heterocycles. The van der Waals surface area contributed by atoms with Gasteiger partial charge in [-0.2, -0.15) is 0 Å². The zero-order chi connectivity index (χ0) is 14.7. The van der Waals surface area contributed by atoms with Crippen molar-refractivity contribution in [3.05, 3.63) is 67.9 Å². The highest BCUT2D eigenvalue weighted by molar-refractivity contribution is 9.10. The third kappa shape index (κ3) is 3.33. The molecular formula is C14H12BrFN2O2. The first-order valence-electron chi connectivity index (χ1n) is 5.90. The van der Waals surface area contributed by atoms with Gasteiger partial charge in [0, 0.05) is 22.6 Å². The normalized spacial score (nSPS) is 10.3. The van der Waals surface area contributed by atoms with Crippen LogP contribution in [0.4, 0.5) is 15.8 Å². The number of aryl methyl sites for hydroxylation is 1. The van der Waals surface area contributed by atoms with Gasteiger partial charge in [-0.1, -0.05) is 22.0 Å². The van der Waals surface area contributed by atoms with Gasteiger partial charge < -0.3 is 5.32 Å². The number of benzene rings is 2. The second kappa shape index (κ2) is 6.00. The Bertz CT molecular complexity index is 662. The standard InChI is InChI=1S/C14H12BrFN2O2/c1-9-2-5-14(18(19)20)13(6-9)17-8-10-7-11(15)3-4-12(10)16/h2-7,17H,8H2,1H3. The summed E-state index contributed by atoms with van der Waals surface area (Å²) in [5.41, 5.74) is 1.70. The molecule has 104 valence electrons. The number of hydrogen-bond acceptors (Lipinski definition) is 3. The number of nitro benzene ring substituents is 1. The minimum Gasteiger partial charge on any atom is -0.375 e. The Kier molecular flexibility index (Phi) is 4.34. The summed E-state index contributed by atoms with van der Waals surface area (Å²) in [6.45, 7) is 2.02. The van der Waals surface area contributed by atoms with Gasteiger partial charge in [-0.15, -0.1) is 0 Å². The molecule has 0 bridgehead atoms. The summed E-state index contributed by atoms with van der Waals surface area (Å²) in [4.78, 5) is 10.5. The van der Waals surface area contributed by atoms with Crippen LogP contribution in [0.15, 0.2) is 40.9 Å². The van der Waals surface area contributed by atoms with Gasteiger partial charge in [0.2, 0.25) is 0 Å². The van der Waals surface area contributed by atoms with E-state index in [0.717, 1.165) is 10.0 Å². The molecule has 2 aromatic rings. The Balaban J connectivity index is 2.24. The van der Waals surface area contributed by atoms with Crippen molar-refractivity contribution < 1.29 is 9.31 Å². The molecular weight excluding hydrogens is 327 g/mol. The van der Waals surface area contributed by atoms with Crippen molar-refractivity contribution in [1.29, 1.82) is 0 Å². The molecule has 0 atom stereocenters. The predicted molar refractivity (Wildman–Crippen MR) is 79.3 cm³/mol. The number of rotatable bonds is 4. The number of anilines is 1. The molecule has 1 N–H and O–H groups in total. The lowest BCUT2D eigenvalue weighted by Gasteiger charge is -2.09. The van der Waals surface area contributed by atoms with Crippen LogP contribution in [-0.4, -0.2) is 4.92 Å². The summed E-state index contributed by atoms with van der Waals surface area (Å²) in [5.74, 6) is -0.351. The van der Waals surface area contributed by atoms with Crippen molar-refractivity contribution in [3.63, 3.8) is 0 Å².